The Morgan fingerprint density at radius 2 is 1.68 bits per heavy atom. The van der Waals surface area contributed by atoms with E-state index in [1.165, 1.54) is 30.7 Å². The number of sulfonamides is 1. The van der Waals surface area contributed by atoms with E-state index in [-0.39, 0.29) is 18.0 Å². The van der Waals surface area contributed by atoms with Crippen LogP contribution in [-0.2, 0) is 16.6 Å². The first-order chi connectivity index (χ1) is 11.9. The van der Waals surface area contributed by atoms with Crippen LogP contribution in [0, 0.1) is 19.3 Å². The van der Waals surface area contributed by atoms with Gasteiger partial charge in [-0.3, -0.25) is 0 Å². The minimum absolute atomic E-state index is 0.0233. The maximum Gasteiger partial charge on any atom is 0.244 e. The van der Waals surface area contributed by atoms with Crippen LogP contribution >= 0.6 is 0 Å². The minimum Gasteiger partial charge on any atom is -0.493 e. The molecular weight excluding hydrogens is 338 g/mol. The number of aryl methyl sites for hydroxylation is 1. The fourth-order valence-electron chi connectivity index (χ4n) is 2.35. The van der Waals surface area contributed by atoms with Gasteiger partial charge in [0.1, 0.15) is 0 Å². The molecule has 132 valence electrons. The number of benzene rings is 2. The van der Waals surface area contributed by atoms with E-state index >= 15 is 0 Å². The zero-order chi connectivity index (χ0) is 18.4. The van der Waals surface area contributed by atoms with E-state index in [0.29, 0.717) is 11.5 Å². The van der Waals surface area contributed by atoms with E-state index in [1.807, 2.05) is 31.2 Å². The molecule has 0 heterocycles. The lowest BCUT2D eigenvalue weighted by Gasteiger charge is -2.21. The van der Waals surface area contributed by atoms with Crippen LogP contribution in [0.1, 0.15) is 11.1 Å². The van der Waals surface area contributed by atoms with Gasteiger partial charge in [-0.15, -0.1) is 6.42 Å². The van der Waals surface area contributed by atoms with Gasteiger partial charge in [-0.05, 0) is 24.6 Å². The van der Waals surface area contributed by atoms with Gasteiger partial charge in [0.2, 0.25) is 10.0 Å². The van der Waals surface area contributed by atoms with Gasteiger partial charge in [0.25, 0.3) is 0 Å². The first kappa shape index (κ1) is 18.8. The van der Waals surface area contributed by atoms with Crippen molar-refractivity contribution in [3.05, 3.63) is 53.6 Å². The monoisotopic (exact) mass is 359 g/mol. The van der Waals surface area contributed by atoms with Gasteiger partial charge in [0.05, 0.1) is 25.7 Å². The van der Waals surface area contributed by atoms with Crippen LogP contribution in [0.15, 0.2) is 47.4 Å². The lowest BCUT2D eigenvalue weighted by atomic mass is 10.1. The topological polar surface area (TPSA) is 55.8 Å². The molecule has 0 aliphatic heterocycles. The molecular formula is C19H21NO4S. The Kier molecular flexibility index (Phi) is 6.07. The molecule has 2 aromatic rings. The van der Waals surface area contributed by atoms with Crippen molar-refractivity contribution in [2.45, 2.75) is 18.4 Å². The average molecular weight is 359 g/mol. The van der Waals surface area contributed by atoms with Crippen molar-refractivity contribution in [2.24, 2.45) is 0 Å². The zero-order valence-electron chi connectivity index (χ0n) is 14.5. The molecule has 0 unspecified atom stereocenters. The maximum atomic E-state index is 13.0. The van der Waals surface area contributed by atoms with Crippen LogP contribution in [-0.4, -0.2) is 33.5 Å². The molecule has 0 aliphatic rings. The molecule has 0 N–H and O–H groups in total. The molecule has 0 radical (unpaired) electrons. The lowest BCUT2D eigenvalue weighted by molar-refractivity contribution is 0.353. The Morgan fingerprint density at radius 3 is 2.24 bits per heavy atom. The van der Waals surface area contributed by atoms with Crippen LogP contribution in [0.2, 0.25) is 0 Å². The Morgan fingerprint density at radius 1 is 1.04 bits per heavy atom. The summed E-state index contributed by atoms with van der Waals surface area (Å²) in [7, 11) is -0.822. The third-order valence-corrected chi connectivity index (χ3v) is 5.53. The van der Waals surface area contributed by atoms with Crippen molar-refractivity contribution in [2.75, 3.05) is 20.8 Å². The summed E-state index contributed by atoms with van der Waals surface area (Å²) < 4.78 is 37.6. The highest BCUT2D eigenvalue weighted by Crippen LogP contribution is 2.31. The van der Waals surface area contributed by atoms with E-state index in [2.05, 4.69) is 5.92 Å². The third kappa shape index (κ3) is 4.32. The summed E-state index contributed by atoms with van der Waals surface area (Å²) in [6, 6.07) is 12.1. The zero-order valence-corrected chi connectivity index (χ0v) is 15.3. The van der Waals surface area contributed by atoms with Gasteiger partial charge in [-0.1, -0.05) is 35.7 Å². The van der Waals surface area contributed by atoms with Crippen molar-refractivity contribution in [3.8, 4) is 23.8 Å². The highest BCUT2D eigenvalue weighted by molar-refractivity contribution is 7.89. The molecule has 0 spiro atoms. The number of terminal acetylenes is 1. The first-order valence-electron chi connectivity index (χ1n) is 7.63. The number of rotatable bonds is 7. The quantitative estimate of drug-likeness (QED) is 0.714. The van der Waals surface area contributed by atoms with Crippen molar-refractivity contribution >= 4 is 10.0 Å². The fourth-order valence-corrected chi connectivity index (χ4v) is 3.71. The highest BCUT2D eigenvalue weighted by atomic mass is 32.2. The van der Waals surface area contributed by atoms with Crippen LogP contribution < -0.4 is 9.47 Å². The van der Waals surface area contributed by atoms with Crippen molar-refractivity contribution in [1.29, 1.82) is 0 Å². The highest BCUT2D eigenvalue weighted by Gasteiger charge is 2.25. The van der Waals surface area contributed by atoms with Crippen LogP contribution in [0.5, 0.6) is 11.5 Å². The van der Waals surface area contributed by atoms with Crippen LogP contribution in [0.25, 0.3) is 0 Å². The largest absolute Gasteiger partial charge is 0.493 e. The number of ether oxygens (including phenoxy) is 2. The number of hydrogen-bond donors (Lipinski definition) is 0. The Balaban J connectivity index is 2.38. The second-order valence-corrected chi connectivity index (χ2v) is 7.42. The summed E-state index contributed by atoms with van der Waals surface area (Å²) in [6.07, 6.45) is 5.38. The van der Waals surface area contributed by atoms with E-state index in [1.54, 1.807) is 6.07 Å². The van der Waals surface area contributed by atoms with Gasteiger partial charge in [0, 0.05) is 12.6 Å². The smallest absolute Gasteiger partial charge is 0.244 e. The number of hydrogen-bond acceptors (Lipinski definition) is 4. The molecule has 0 atom stereocenters. The van der Waals surface area contributed by atoms with Gasteiger partial charge in [0.15, 0.2) is 11.5 Å². The van der Waals surface area contributed by atoms with E-state index in [0.717, 1.165) is 11.1 Å². The Bertz CT molecular complexity index is 867. The van der Waals surface area contributed by atoms with Gasteiger partial charge in [-0.25, -0.2) is 8.42 Å². The van der Waals surface area contributed by atoms with Gasteiger partial charge < -0.3 is 9.47 Å². The second kappa shape index (κ2) is 8.06. The molecule has 2 rings (SSSR count). The predicted octanol–water partition coefficient (Wildman–Crippen LogP) is 2.84. The maximum absolute atomic E-state index is 13.0. The standard InChI is InChI=1S/C19H21NO4S/c1-5-12-20(14-16-8-6-15(2)7-9-16)25(21,22)17-10-11-18(23-3)19(13-17)24-4/h1,6-11,13H,12,14H2,2-4H3. The van der Waals surface area contributed by atoms with Gasteiger partial charge >= 0.3 is 0 Å². The fraction of sp³-hybridized carbons (Fsp3) is 0.263. The summed E-state index contributed by atoms with van der Waals surface area (Å²) in [5.41, 5.74) is 1.97. The molecule has 0 bridgehead atoms. The average Bonchev–Trinajstić information content (AvgIpc) is 2.62. The molecule has 6 heteroatoms. The number of methoxy groups -OCH3 is 2. The molecule has 0 aliphatic carbocycles. The summed E-state index contributed by atoms with van der Waals surface area (Å²) in [4.78, 5) is 0.104. The van der Waals surface area contributed by atoms with E-state index in [9.17, 15) is 8.42 Å². The van der Waals surface area contributed by atoms with Gasteiger partial charge in [-0.2, -0.15) is 4.31 Å². The normalized spacial score (nSPS) is 11.2. The molecule has 5 nitrogen and oxygen atoms in total. The summed E-state index contributed by atoms with van der Waals surface area (Å²) in [5, 5.41) is 0. The third-order valence-electron chi connectivity index (χ3n) is 3.74. The molecule has 0 saturated heterocycles. The summed E-state index contributed by atoms with van der Waals surface area (Å²) in [5.74, 6) is 3.23. The number of nitrogens with zero attached hydrogens (tertiary/aromatic N) is 1. The molecule has 25 heavy (non-hydrogen) atoms. The molecule has 0 fully saturated rings. The Hall–Kier alpha value is -2.49. The predicted molar refractivity (Wildman–Crippen MR) is 97.2 cm³/mol. The van der Waals surface area contributed by atoms with Crippen molar-refractivity contribution < 1.29 is 17.9 Å². The summed E-state index contributed by atoms with van der Waals surface area (Å²) >= 11 is 0. The first-order valence-corrected chi connectivity index (χ1v) is 9.07. The van der Waals surface area contributed by atoms with E-state index < -0.39 is 10.0 Å². The lowest BCUT2D eigenvalue weighted by Crippen LogP contribution is -2.31. The van der Waals surface area contributed by atoms with Crippen LogP contribution in [0.3, 0.4) is 0 Å². The van der Waals surface area contributed by atoms with E-state index in [4.69, 9.17) is 15.9 Å². The molecule has 0 amide bonds. The summed E-state index contributed by atoms with van der Waals surface area (Å²) in [6.45, 7) is 2.15. The molecule has 0 aromatic heterocycles. The Labute approximate surface area is 149 Å². The SMILES string of the molecule is C#CCN(Cc1ccc(C)cc1)S(=O)(=O)c1ccc(OC)c(OC)c1. The second-order valence-electron chi connectivity index (χ2n) is 5.48. The minimum atomic E-state index is -3.77. The molecule has 2 aromatic carbocycles. The molecule has 0 saturated carbocycles. The van der Waals surface area contributed by atoms with Crippen molar-refractivity contribution in [1.82, 2.24) is 4.31 Å². The van der Waals surface area contributed by atoms with Crippen molar-refractivity contribution in [3.63, 3.8) is 0 Å². The van der Waals surface area contributed by atoms with Crippen LogP contribution in [0.4, 0.5) is 0 Å².